The number of hydrogen-bond acceptors (Lipinski definition) is 2. The molecule has 0 spiro atoms. The minimum Gasteiger partial charge on any atom is -0.272 e. The van der Waals surface area contributed by atoms with Crippen LogP contribution in [0.2, 0.25) is 0 Å². The van der Waals surface area contributed by atoms with Crippen LogP contribution in [0.1, 0.15) is 56.6 Å². The van der Waals surface area contributed by atoms with Crippen LogP contribution in [0.5, 0.6) is 0 Å². The van der Waals surface area contributed by atoms with Crippen LogP contribution < -0.4 is 5.48 Å². The molecule has 110 valence electrons. The minimum absolute atomic E-state index is 0.0572. The largest absolute Gasteiger partial charge is 0.272 e. The highest BCUT2D eigenvalue weighted by atomic mass is 16.7. The van der Waals surface area contributed by atoms with Crippen LogP contribution in [-0.4, -0.2) is 12.0 Å². The second-order valence-corrected chi connectivity index (χ2v) is 5.65. The number of unbranched alkanes of at least 4 members (excludes halogenated alkanes) is 1. The Bertz CT molecular complexity index is 408. The maximum absolute atomic E-state index is 11.8. The third kappa shape index (κ3) is 4.97. The Balaban J connectivity index is 1.72. The van der Waals surface area contributed by atoms with Gasteiger partial charge in [0.2, 0.25) is 5.91 Å². The molecule has 1 amide bonds. The number of carbonyl (C=O) groups excluding carboxylic acids is 1. The molecule has 0 unspecified atom stereocenters. The third-order valence-electron chi connectivity index (χ3n) is 3.85. The van der Waals surface area contributed by atoms with Crippen molar-refractivity contribution in [2.24, 2.45) is 0 Å². The van der Waals surface area contributed by atoms with Gasteiger partial charge < -0.3 is 0 Å². The molecule has 0 bridgehead atoms. The molecular formula is C17H25NO2. The molecule has 0 saturated heterocycles. The maximum atomic E-state index is 11.8. The average molecular weight is 275 g/mol. The zero-order valence-electron chi connectivity index (χ0n) is 12.4. The highest BCUT2D eigenvalue weighted by Gasteiger charge is 2.16. The van der Waals surface area contributed by atoms with E-state index in [0.29, 0.717) is 6.42 Å². The van der Waals surface area contributed by atoms with Crippen molar-refractivity contribution in [3.05, 3.63) is 35.4 Å². The monoisotopic (exact) mass is 275 g/mol. The molecule has 0 heterocycles. The molecule has 3 nitrogen and oxygen atoms in total. The predicted octanol–water partition coefficient (Wildman–Crippen LogP) is 3.56. The van der Waals surface area contributed by atoms with E-state index in [1.165, 1.54) is 31.2 Å². The molecule has 1 aliphatic rings. The fourth-order valence-electron chi connectivity index (χ4n) is 2.58. The highest BCUT2D eigenvalue weighted by molar-refractivity contribution is 5.77. The minimum atomic E-state index is -0.0572. The van der Waals surface area contributed by atoms with Crippen molar-refractivity contribution in [1.29, 1.82) is 0 Å². The van der Waals surface area contributed by atoms with Gasteiger partial charge in [-0.3, -0.25) is 9.63 Å². The second kappa shape index (κ2) is 8.05. The predicted molar refractivity (Wildman–Crippen MR) is 80.2 cm³/mol. The van der Waals surface area contributed by atoms with Gasteiger partial charge in [0.15, 0.2) is 0 Å². The van der Waals surface area contributed by atoms with Crippen molar-refractivity contribution < 1.29 is 9.63 Å². The van der Waals surface area contributed by atoms with Crippen molar-refractivity contribution in [3.8, 4) is 0 Å². The zero-order valence-corrected chi connectivity index (χ0v) is 12.4. The van der Waals surface area contributed by atoms with Gasteiger partial charge >= 0.3 is 0 Å². The van der Waals surface area contributed by atoms with Crippen LogP contribution in [0.15, 0.2) is 24.3 Å². The van der Waals surface area contributed by atoms with Crippen LogP contribution in [0.25, 0.3) is 0 Å². The molecule has 1 aromatic rings. The van der Waals surface area contributed by atoms with Gasteiger partial charge in [0.05, 0.1) is 12.5 Å². The average Bonchev–Trinajstić information content (AvgIpc) is 2.98. The van der Waals surface area contributed by atoms with Gasteiger partial charge in [-0.15, -0.1) is 0 Å². The fourth-order valence-corrected chi connectivity index (χ4v) is 2.58. The normalized spacial score (nSPS) is 15.4. The summed E-state index contributed by atoms with van der Waals surface area (Å²) in [4.78, 5) is 17.2. The van der Waals surface area contributed by atoms with Crippen LogP contribution in [-0.2, 0) is 22.5 Å². The van der Waals surface area contributed by atoms with Gasteiger partial charge in [-0.2, -0.15) is 0 Å². The maximum Gasteiger partial charge on any atom is 0.247 e. The molecule has 1 saturated carbocycles. The molecular weight excluding hydrogens is 250 g/mol. The Morgan fingerprint density at radius 3 is 2.50 bits per heavy atom. The van der Waals surface area contributed by atoms with E-state index in [2.05, 4.69) is 24.5 Å². The Kier molecular flexibility index (Phi) is 6.06. The Labute approximate surface area is 121 Å². The van der Waals surface area contributed by atoms with Gasteiger partial charge in [-0.1, -0.05) is 50.5 Å². The molecule has 0 aromatic heterocycles. The zero-order chi connectivity index (χ0) is 14.2. The Morgan fingerprint density at radius 2 is 1.85 bits per heavy atom. The smallest absolute Gasteiger partial charge is 0.247 e. The summed E-state index contributed by atoms with van der Waals surface area (Å²) in [6, 6.07) is 8.33. The fraction of sp³-hybridized carbons (Fsp3) is 0.588. The molecule has 1 fully saturated rings. The van der Waals surface area contributed by atoms with Crippen molar-refractivity contribution in [1.82, 2.24) is 5.48 Å². The van der Waals surface area contributed by atoms with E-state index in [-0.39, 0.29) is 12.0 Å². The molecule has 1 aromatic carbocycles. The van der Waals surface area contributed by atoms with Crippen LogP contribution >= 0.6 is 0 Å². The number of hydrogen-bond donors (Lipinski definition) is 1. The number of amides is 1. The molecule has 0 radical (unpaired) electrons. The first-order valence-corrected chi connectivity index (χ1v) is 7.80. The molecule has 0 aliphatic heterocycles. The Hall–Kier alpha value is -1.35. The number of aryl methyl sites for hydroxylation is 1. The summed E-state index contributed by atoms with van der Waals surface area (Å²) >= 11 is 0. The van der Waals surface area contributed by atoms with Crippen LogP contribution in [0, 0.1) is 0 Å². The summed E-state index contributed by atoms with van der Waals surface area (Å²) in [7, 11) is 0. The van der Waals surface area contributed by atoms with E-state index in [0.717, 1.165) is 24.8 Å². The van der Waals surface area contributed by atoms with Gasteiger partial charge in [0.25, 0.3) is 0 Å². The number of carbonyl (C=O) groups is 1. The lowest BCUT2D eigenvalue weighted by atomic mass is 10.0. The quantitative estimate of drug-likeness (QED) is 0.773. The lowest BCUT2D eigenvalue weighted by Gasteiger charge is -2.11. The number of benzene rings is 1. The van der Waals surface area contributed by atoms with Crippen molar-refractivity contribution in [3.63, 3.8) is 0 Å². The summed E-state index contributed by atoms with van der Waals surface area (Å²) in [5.41, 5.74) is 4.97. The molecule has 20 heavy (non-hydrogen) atoms. The van der Waals surface area contributed by atoms with E-state index >= 15 is 0 Å². The standard InChI is InChI=1S/C17H25NO2/c1-2-3-6-14-9-11-15(12-10-14)13-17(19)18-20-16-7-4-5-8-16/h9-12,16H,2-8,13H2,1H3,(H,18,19). The van der Waals surface area contributed by atoms with Gasteiger partial charge in [-0.25, -0.2) is 5.48 Å². The first kappa shape index (κ1) is 15.0. The van der Waals surface area contributed by atoms with Crippen molar-refractivity contribution in [2.45, 2.75) is 64.4 Å². The number of hydroxylamine groups is 1. The van der Waals surface area contributed by atoms with E-state index in [1.54, 1.807) is 0 Å². The number of nitrogens with one attached hydrogen (secondary N) is 1. The van der Waals surface area contributed by atoms with Gasteiger partial charge in [0.1, 0.15) is 0 Å². The molecule has 1 N–H and O–H groups in total. The van der Waals surface area contributed by atoms with Gasteiger partial charge in [0, 0.05) is 0 Å². The molecule has 1 aliphatic carbocycles. The van der Waals surface area contributed by atoms with Crippen molar-refractivity contribution in [2.75, 3.05) is 0 Å². The summed E-state index contributed by atoms with van der Waals surface area (Å²) in [6.07, 6.45) is 8.69. The van der Waals surface area contributed by atoms with E-state index in [1.807, 2.05) is 12.1 Å². The van der Waals surface area contributed by atoms with Crippen LogP contribution in [0.4, 0.5) is 0 Å². The third-order valence-corrected chi connectivity index (χ3v) is 3.85. The summed E-state index contributed by atoms with van der Waals surface area (Å²) in [5.74, 6) is -0.0572. The molecule has 0 atom stereocenters. The lowest BCUT2D eigenvalue weighted by molar-refractivity contribution is -0.137. The second-order valence-electron chi connectivity index (χ2n) is 5.65. The summed E-state index contributed by atoms with van der Waals surface area (Å²) in [6.45, 7) is 2.20. The topological polar surface area (TPSA) is 38.3 Å². The van der Waals surface area contributed by atoms with E-state index < -0.39 is 0 Å². The van der Waals surface area contributed by atoms with E-state index in [9.17, 15) is 4.79 Å². The molecule has 2 rings (SSSR count). The van der Waals surface area contributed by atoms with Crippen molar-refractivity contribution >= 4 is 5.91 Å². The summed E-state index contributed by atoms with van der Waals surface area (Å²) < 4.78 is 0. The van der Waals surface area contributed by atoms with Gasteiger partial charge in [-0.05, 0) is 36.8 Å². The van der Waals surface area contributed by atoms with Crippen LogP contribution in [0.3, 0.4) is 0 Å². The number of rotatable bonds is 7. The van der Waals surface area contributed by atoms with E-state index in [4.69, 9.17) is 4.84 Å². The highest BCUT2D eigenvalue weighted by Crippen LogP contribution is 2.19. The first-order chi connectivity index (χ1) is 9.78. The summed E-state index contributed by atoms with van der Waals surface area (Å²) in [5, 5.41) is 0. The SMILES string of the molecule is CCCCc1ccc(CC(=O)NOC2CCCC2)cc1. The Morgan fingerprint density at radius 1 is 1.20 bits per heavy atom. The molecule has 3 heteroatoms. The lowest BCUT2D eigenvalue weighted by Crippen LogP contribution is -2.29. The first-order valence-electron chi connectivity index (χ1n) is 7.80.